The second-order valence-corrected chi connectivity index (χ2v) is 7.96. The van der Waals surface area contributed by atoms with Gasteiger partial charge >= 0.3 is 0 Å². The fraction of sp³-hybridized carbons (Fsp3) is 0.105. The van der Waals surface area contributed by atoms with Crippen LogP contribution in [0.4, 0.5) is 5.69 Å². The molecule has 0 spiro atoms. The summed E-state index contributed by atoms with van der Waals surface area (Å²) in [4.78, 5) is 1.17. The van der Waals surface area contributed by atoms with Crippen molar-refractivity contribution < 1.29 is 0 Å². The molecule has 0 bridgehead atoms. The Morgan fingerprint density at radius 1 is 0.960 bits per heavy atom. The molecule has 1 aromatic heterocycles. The minimum absolute atomic E-state index is 0.0167. The topological polar surface area (TPSA) is 15.6 Å². The van der Waals surface area contributed by atoms with Crippen LogP contribution in [0.15, 0.2) is 65.1 Å². The number of thiophene rings is 1. The van der Waals surface area contributed by atoms with E-state index in [1.165, 1.54) is 4.88 Å². The van der Waals surface area contributed by atoms with Crippen LogP contribution in [0, 0.1) is 0 Å². The standard InChI is InChI=1S/C19H13Cl3N2S/c20-12-3-6-14(7-4-12)24-18(15-8-5-13(21)10-16(15)22)11-17(23-24)19-2-1-9-25-19/h1-10,18H,11H2/t18-/m1/s1. The van der Waals surface area contributed by atoms with Crippen molar-refractivity contribution in [3.8, 4) is 0 Å². The van der Waals surface area contributed by atoms with Gasteiger partial charge in [-0.15, -0.1) is 11.3 Å². The molecule has 3 aromatic rings. The third-order valence-corrected chi connectivity index (χ3v) is 5.86. The van der Waals surface area contributed by atoms with Gasteiger partial charge < -0.3 is 0 Å². The lowest BCUT2D eigenvalue weighted by Crippen LogP contribution is -2.18. The van der Waals surface area contributed by atoms with Gasteiger partial charge in [0.15, 0.2) is 0 Å². The van der Waals surface area contributed by atoms with Gasteiger partial charge in [-0.3, -0.25) is 5.01 Å². The van der Waals surface area contributed by atoms with Crippen LogP contribution >= 0.6 is 46.1 Å². The van der Waals surface area contributed by atoms with Gasteiger partial charge in [0.25, 0.3) is 0 Å². The van der Waals surface area contributed by atoms with E-state index in [9.17, 15) is 0 Å². The molecule has 1 atom stereocenters. The van der Waals surface area contributed by atoms with Crippen LogP contribution in [0.1, 0.15) is 22.9 Å². The SMILES string of the molecule is Clc1ccc(N2N=C(c3cccs3)C[C@@H]2c2ccc(Cl)cc2Cl)cc1. The average molecular weight is 408 g/mol. The zero-order chi connectivity index (χ0) is 17.4. The molecule has 0 amide bonds. The van der Waals surface area contributed by atoms with Crippen molar-refractivity contribution in [1.29, 1.82) is 0 Å². The van der Waals surface area contributed by atoms with Crippen LogP contribution in [0.2, 0.25) is 15.1 Å². The summed E-state index contributed by atoms with van der Waals surface area (Å²) in [6.45, 7) is 0. The number of halogens is 3. The lowest BCUT2D eigenvalue weighted by Gasteiger charge is -2.25. The smallest absolute Gasteiger partial charge is 0.0846 e. The van der Waals surface area contributed by atoms with Crippen LogP contribution < -0.4 is 5.01 Å². The molecule has 4 rings (SSSR count). The van der Waals surface area contributed by atoms with E-state index < -0.39 is 0 Å². The maximum Gasteiger partial charge on any atom is 0.0846 e. The Balaban J connectivity index is 1.77. The van der Waals surface area contributed by atoms with Gasteiger partial charge in [-0.25, -0.2) is 0 Å². The molecule has 126 valence electrons. The highest BCUT2D eigenvalue weighted by Gasteiger charge is 2.31. The van der Waals surface area contributed by atoms with E-state index in [4.69, 9.17) is 39.9 Å². The van der Waals surface area contributed by atoms with Crippen LogP contribution in [0.3, 0.4) is 0 Å². The summed E-state index contributed by atoms with van der Waals surface area (Å²) in [5.74, 6) is 0. The highest BCUT2D eigenvalue weighted by molar-refractivity contribution is 7.12. The number of nitrogens with zero attached hydrogens (tertiary/aromatic N) is 2. The maximum atomic E-state index is 6.48. The number of rotatable bonds is 3. The predicted octanol–water partition coefficient (Wildman–Crippen LogP) is 7.06. The lowest BCUT2D eigenvalue weighted by atomic mass is 10.0. The lowest BCUT2D eigenvalue weighted by molar-refractivity contribution is 0.709. The Morgan fingerprint density at radius 2 is 1.72 bits per heavy atom. The molecule has 0 saturated carbocycles. The number of anilines is 1. The summed E-state index contributed by atoms with van der Waals surface area (Å²) < 4.78 is 0. The molecule has 0 N–H and O–H groups in total. The van der Waals surface area contributed by atoms with Crippen molar-refractivity contribution in [1.82, 2.24) is 0 Å². The predicted molar refractivity (Wildman–Crippen MR) is 109 cm³/mol. The van der Waals surface area contributed by atoms with Gasteiger partial charge in [-0.05, 0) is 53.4 Å². The summed E-state index contributed by atoms with van der Waals surface area (Å²) in [6, 6.07) is 17.5. The molecule has 2 aromatic carbocycles. The van der Waals surface area contributed by atoms with Gasteiger partial charge in [-0.1, -0.05) is 46.9 Å². The first-order chi connectivity index (χ1) is 12.1. The summed E-state index contributed by atoms with van der Waals surface area (Å²) in [7, 11) is 0. The first-order valence-corrected chi connectivity index (χ1v) is 9.74. The Hall–Kier alpha value is -1.52. The minimum atomic E-state index is 0.0167. The third kappa shape index (κ3) is 3.42. The fourth-order valence-corrected chi connectivity index (χ4v) is 4.33. The highest BCUT2D eigenvalue weighted by Crippen LogP contribution is 2.40. The van der Waals surface area contributed by atoms with Gasteiger partial charge in [0.2, 0.25) is 0 Å². The van der Waals surface area contributed by atoms with Crippen molar-refractivity contribution in [2.45, 2.75) is 12.5 Å². The van der Waals surface area contributed by atoms with Gasteiger partial charge in [-0.2, -0.15) is 5.10 Å². The summed E-state index contributed by atoms with van der Waals surface area (Å²) in [5.41, 5.74) is 3.05. The molecule has 1 aliphatic heterocycles. The Bertz CT molecular complexity index is 920. The second kappa shape index (κ2) is 7.00. The molecule has 0 radical (unpaired) electrons. The first-order valence-electron chi connectivity index (χ1n) is 7.73. The van der Waals surface area contributed by atoms with E-state index in [0.29, 0.717) is 15.1 Å². The number of benzene rings is 2. The molecule has 0 fully saturated rings. The van der Waals surface area contributed by atoms with Crippen LogP contribution in [-0.4, -0.2) is 5.71 Å². The Morgan fingerprint density at radius 3 is 2.40 bits per heavy atom. The first kappa shape index (κ1) is 16.9. The molecule has 0 aliphatic carbocycles. The van der Waals surface area contributed by atoms with Crippen molar-refractivity contribution >= 4 is 57.5 Å². The molecule has 6 heteroatoms. The van der Waals surface area contributed by atoms with Gasteiger partial charge in [0.05, 0.1) is 22.3 Å². The second-order valence-electron chi connectivity index (χ2n) is 5.73. The highest BCUT2D eigenvalue weighted by atomic mass is 35.5. The van der Waals surface area contributed by atoms with E-state index in [0.717, 1.165) is 23.4 Å². The van der Waals surface area contributed by atoms with Crippen molar-refractivity contribution in [2.75, 3.05) is 5.01 Å². The average Bonchev–Trinajstić information content (AvgIpc) is 3.25. The van der Waals surface area contributed by atoms with Crippen molar-refractivity contribution in [3.05, 3.63) is 85.5 Å². The third-order valence-electron chi connectivity index (χ3n) is 4.13. The fourth-order valence-electron chi connectivity index (χ4n) is 2.95. The molecule has 2 heterocycles. The number of hydrazone groups is 1. The van der Waals surface area contributed by atoms with Crippen LogP contribution in [0.5, 0.6) is 0 Å². The zero-order valence-corrected chi connectivity index (χ0v) is 16.1. The van der Waals surface area contributed by atoms with E-state index in [1.54, 1.807) is 17.4 Å². The van der Waals surface area contributed by atoms with Gasteiger partial charge in [0, 0.05) is 21.5 Å². The summed E-state index contributed by atoms with van der Waals surface area (Å²) in [6.07, 6.45) is 0.782. The van der Waals surface area contributed by atoms with E-state index in [-0.39, 0.29) is 6.04 Å². The quantitative estimate of drug-likeness (QED) is 0.453. The monoisotopic (exact) mass is 406 g/mol. The molecule has 0 unspecified atom stereocenters. The Labute approximate surface area is 165 Å². The van der Waals surface area contributed by atoms with E-state index in [2.05, 4.69) is 11.4 Å². The molecule has 0 saturated heterocycles. The van der Waals surface area contributed by atoms with Gasteiger partial charge in [0.1, 0.15) is 0 Å². The molecule has 25 heavy (non-hydrogen) atoms. The van der Waals surface area contributed by atoms with E-state index >= 15 is 0 Å². The van der Waals surface area contributed by atoms with Crippen molar-refractivity contribution in [2.24, 2.45) is 5.10 Å². The number of hydrogen-bond acceptors (Lipinski definition) is 3. The van der Waals surface area contributed by atoms with Crippen molar-refractivity contribution in [3.63, 3.8) is 0 Å². The molecule has 2 nitrogen and oxygen atoms in total. The molecular formula is C19H13Cl3N2S. The molecular weight excluding hydrogens is 395 g/mol. The summed E-state index contributed by atoms with van der Waals surface area (Å²) >= 11 is 20.3. The minimum Gasteiger partial charge on any atom is -0.257 e. The zero-order valence-electron chi connectivity index (χ0n) is 13.0. The largest absolute Gasteiger partial charge is 0.257 e. The summed E-state index contributed by atoms with van der Waals surface area (Å²) in [5, 5.41) is 10.9. The van der Waals surface area contributed by atoms with Crippen LogP contribution in [-0.2, 0) is 0 Å². The van der Waals surface area contributed by atoms with Crippen LogP contribution in [0.25, 0.3) is 0 Å². The van der Waals surface area contributed by atoms with E-state index in [1.807, 2.05) is 47.5 Å². The molecule has 1 aliphatic rings. The Kier molecular flexibility index (Phi) is 4.74. The normalized spacial score (nSPS) is 17.0. The number of hydrogen-bond donors (Lipinski definition) is 0. The maximum absolute atomic E-state index is 6.48.